The number of rotatable bonds is 3. The van der Waals surface area contributed by atoms with Gasteiger partial charge in [0.05, 0.1) is 10.0 Å². The van der Waals surface area contributed by atoms with Crippen LogP contribution in [-0.4, -0.2) is 21.4 Å². The molecule has 0 saturated heterocycles. The van der Waals surface area contributed by atoms with Crippen LogP contribution in [0, 0.1) is 0 Å². The zero-order chi connectivity index (χ0) is 17.2. The summed E-state index contributed by atoms with van der Waals surface area (Å²) < 4.78 is 44.1. The van der Waals surface area contributed by atoms with E-state index in [0.29, 0.717) is 6.21 Å². The Hall–Kier alpha value is -2.26. The Bertz CT molecular complexity index is 821. The molecule has 0 saturated carbocycles. The van der Waals surface area contributed by atoms with Crippen molar-refractivity contribution in [3.05, 3.63) is 50.1 Å². The number of oxime groups is 1. The molecule has 122 valence electrons. The Morgan fingerprint density at radius 1 is 1.30 bits per heavy atom. The summed E-state index contributed by atoms with van der Waals surface area (Å²) in [6.07, 6.45) is -4.43. The maximum Gasteiger partial charge on any atom is 0.437 e. The van der Waals surface area contributed by atoms with Crippen LogP contribution >= 0.6 is 23.2 Å². The molecule has 1 aromatic heterocycles. The molecule has 1 aromatic carbocycles. The van der Waals surface area contributed by atoms with E-state index in [4.69, 9.17) is 33.1 Å². The fraction of sp³-hybridized carbons (Fsp3) is 0.0833. The largest absolute Gasteiger partial charge is 0.449 e. The predicted octanol–water partition coefficient (Wildman–Crippen LogP) is 3.70. The van der Waals surface area contributed by atoms with Gasteiger partial charge in [-0.2, -0.15) is 13.2 Å². The summed E-state index contributed by atoms with van der Waals surface area (Å²) in [6.45, 7) is 0. The molecular formula is C12H6Cl2F3N3O3. The number of nitrogens with zero attached hydrogens (tertiary/aromatic N) is 2. The van der Waals surface area contributed by atoms with Crippen LogP contribution in [0.5, 0.6) is 11.5 Å². The Morgan fingerprint density at radius 2 is 2.00 bits per heavy atom. The van der Waals surface area contributed by atoms with E-state index in [-0.39, 0.29) is 15.8 Å². The first kappa shape index (κ1) is 17.1. The lowest BCUT2D eigenvalue weighted by molar-refractivity contribution is -0.142. The van der Waals surface area contributed by atoms with Crippen LogP contribution in [0.4, 0.5) is 13.2 Å². The average Bonchev–Trinajstić information content (AvgIpc) is 2.44. The summed E-state index contributed by atoms with van der Waals surface area (Å²) in [5.74, 6) is -1.81. The molecule has 0 atom stereocenters. The Balaban J connectivity index is 2.56. The number of hydrogen-bond acceptors (Lipinski definition) is 5. The molecule has 2 N–H and O–H groups in total. The van der Waals surface area contributed by atoms with E-state index in [2.05, 4.69) is 10.1 Å². The number of H-pyrrole nitrogens is 1. The number of halogens is 5. The van der Waals surface area contributed by atoms with Gasteiger partial charge in [-0.05, 0) is 12.1 Å². The van der Waals surface area contributed by atoms with Crippen molar-refractivity contribution >= 4 is 29.4 Å². The van der Waals surface area contributed by atoms with Crippen molar-refractivity contribution in [2.24, 2.45) is 5.16 Å². The minimum atomic E-state index is -4.97. The van der Waals surface area contributed by atoms with E-state index >= 15 is 0 Å². The molecule has 2 aromatic rings. The second-order valence-corrected chi connectivity index (χ2v) is 4.86. The average molecular weight is 368 g/mol. The second kappa shape index (κ2) is 6.47. The van der Waals surface area contributed by atoms with E-state index in [9.17, 15) is 18.0 Å². The van der Waals surface area contributed by atoms with Crippen LogP contribution in [0.1, 0.15) is 11.5 Å². The van der Waals surface area contributed by atoms with Crippen molar-refractivity contribution in [2.45, 2.75) is 6.18 Å². The van der Waals surface area contributed by atoms with Crippen molar-refractivity contribution < 1.29 is 23.1 Å². The van der Waals surface area contributed by atoms with Gasteiger partial charge in [0, 0.05) is 6.07 Å². The SMILES string of the molecule is O=c1[nH]c(/C=N\O)nc(C(F)(F)F)c1Oc1ccc(Cl)c(Cl)c1. The summed E-state index contributed by atoms with van der Waals surface area (Å²) in [6, 6.07) is 3.67. The lowest BCUT2D eigenvalue weighted by Gasteiger charge is -2.12. The van der Waals surface area contributed by atoms with Gasteiger partial charge in [0.25, 0.3) is 5.56 Å². The number of alkyl halides is 3. The molecule has 6 nitrogen and oxygen atoms in total. The minimum Gasteiger partial charge on any atom is -0.449 e. The molecule has 0 bridgehead atoms. The number of aromatic amines is 1. The first-order valence-electron chi connectivity index (χ1n) is 5.74. The van der Waals surface area contributed by atoms with Gasteiger partial charge in [0.15, 0.2) is 11.5 Å². The molecule has 11 heteroatoms. The van der Waals surface area contributed by atoms with Crippen LogP contribution in [0.25, 0.3) is 0 Å². The number of hydrogen-bond donors (Lipinski definition) is 2. The second-order valence-electron chi connectivity index (χ2n) is 4.05. The Morgan fingerprint density at radius 3 is 2.57 bits per heavy atom. The molecule has 0 aliphatic carbocycles. The van der Waals surface area contributed by atoms with Gasteiger partial charge in [-0.1, -0.05) is 28.4 Å². The van der Waals surface area contributed by atoms with Crippen molar-refractivity contribution in [1.82, 2.24) is 9.97 Å². The van der Waals surface area contributed by atoms with Crippen molar-refractivity contribution in [3.63, 3.8) is 0 Å². The topological polar surface area (TPSA) is 87.6 Å². The number of nitrogens with one attached hydrogen (secondary N) is 1. The first-order chi connectivity index (χ1) is 10.7. The molecule has 0 amide bonds. The molecule has 0 aliphatic heterocycles. The molecule has 0 radical (unpaired) electrons. The van der Waals surface area contributed by atoms with Crippen molar-refractivity contribution in [3.8, 4) is 11.5 Å². The van der Waals surface area contributed by atoms with E-state index in [0.717, 1.165) is 6.07 Å². The number of aromatic nitrogens is 2. The lowest BCUT2D eigenvalue weighted by Crippen LogP contribution is -2.21. The number of ether oxygens (including phenoxy) is 1. The van der Waals surface area contributed by atoms with Crippen molar-refractivity contribution in [2.75, 3.05) is 0 Å². The van der Waals surface area contributed by atoms with Crippen LogP contribution in [0.3, 0.4) is 0 Å². The Labute approximate surface area is 136 Å². The summed E-state index contributed by atoms with van der Waals surface area (Å²) in [7, 11) is 0. The standard InChI is InChI=1S/C12H6Cl2F3N3O3/c13-6-2-1-5(3-7(6)14)23-9-10(12(15,16)17)19-8(4-18-22)20-11(9)21/h1-4,22H,(H,19,20,21)/b18-4-. The smallest absolute Gasteiger partial charge is 0.437 e. The fourth-order valence-corrected chi connectivity index (χ4v) is 1.83. The van der Waals surface area contributed by atoms with Crippen LogP contribution in [-0.2, 0) is 6.18 Å². The maximum atomic E-state index is 13.0. The monoisotopic (exact) mass is 367 g/mol. The van der Waals surface area contributed by atoms with Gasteiger partial charge in [0.1, 0.15) is 12.0 Å². The van der Waals surface area contributed by atoms with Crippen LogP contribution in [0.2, 0.25) is 10.0 Å². The van der Waals surface area contributed by atoms with E-state index < -0.39 is 29.0 Å². The quantitative estimate of drug-likeness (QED) is 0.491. The van der Waals surface area contributed by atoms with Crippen LogP contribution < -0.4 is 10.3 Å². The van der Waals surface area contributed by atoms with E-state index in [1.54, 1.807) is 0 Å². The summed E-state index contributed by atoms with van der Waals surface area (Å²) in [5, 5.41) is 11.0. The maximum absolute atomic E-state index is 13.0. The highest BCUT2D eigenvalue weighted by molar-refractivity contribution is 6.42. The number of benzene rings is 1. The van der Waals surface area contributed by atoms with Gasteiger partial charge in [-0.15, -0.1) is 0 Å². The predicted molar refractivity (Wildman–Crippen MR) is 75.8 cm³/mol. The summed E-state index contributed by atoms with van der Waals surface area (Å²) in [4.78, 5) is 16.9. The van der Waals surface area contributed by atoms with Gasteiger partial charge in [-0.25, -0.2) is 4.98 Å². The molecular weight excluding hydrogens is 362 g/mol. The van der Waals surface area contributed by atoms with Gasteiger partial charge < -0.3 is 14.9 Å². The highest BCUT2D eigenvalue weighted by Gasteiger charge is 2.39. The van der Waals surface area contributed by atoms with Gasteiger partial charge >= 0.3 is 6.18 Å². The molecule has 0 unspecified atom stereocenters. The lowest BCUT2D eigenvalue weighted by atomic mass is 10.3. The molecule has 0 fully saturated rings. The first-order valence-corrected chi connectivity index (χ1v) is 6.50. The molecule has 0 spiro atoms. The zero-order valence-corrected chi connectivity index (χ0v) is 12.4. The van der Waals surface area contributed by atoms with Gasteiger partial charge in [-0.3, -0.25) is 4.79 Å². The third-order valence-corrected chi connectivity index (χ3v) is 3.19. The molecule has 1 heterocycles. The highest BCUT2D eigenvalue weighted by atomic mass is 35.5. The fourth-order valence-electron chi connectivity index (χ4n) is 1.54. The third-order valence-electron chi connectivity index (χ3n) is 2.45. The summed E-state index contributed by atoms with van der Waals surface area (Å²) >= 11 is 11.4. The normalized spacial score (nSPS) is 11.9. The summed E-state index contributed by atoms with van der Waals surface area (Å²) in [5.41, 5.74) is -2.80. The Kier molecular flexibility index (Phi) is 4.81. The molecule has 0 aliphatic rings. The molecule has 23 heavy (non-hydrogen) atoms. The minimum absolute atomic E-state index is 0.0335. The van der Waals surface area contributed by atoms with E-state index in [1.165, 1.54) is 12.1 Å². The van der Waals surface area contributed by atoms with E-state index in [1.807, 2.05) is 4.98 Å². The van der Waals surface area contributed by atoms with Crippen molar-refractivity contribution in [1.29, 1.82) is 0 Å². The highest BCUT2D eigenvalue weighted by Crippen LogP contribution is 2.35. The van der Waals surface area contributed by atoms with Gasteiger partial charge in [0.2, 0.25) is 5.75 Å². The third kappa shape index (κ3) is 3.93. The zero-order valence-electron chi connectivity index (χ0n) is 10.9. The van der Waals surface area contributed by atoms with Crippen LogP contribution in [0.15, 0.2) is 28.1 Å². The molecule has 2 rings (SSSR count).